The molecule has 7 nitrogen and oxygen atoms in total. The monoisotopic (exact) mass is 520 g/mol. The Morgan fingerprint density at radius 3 is 2.32 bits per heavy atom. The maximum Gasteiger partial charge on any atom is 0.326 e. The Morgan fingerprint density at radius 2 is 1.65 bits per heavy atom. The van der Waals surface area contributed by atoms with Gasteiger partial charge in [-0.2, -0.15) is 0 Å². The lowest BCUT2D eigenvalue weighted by Crippen LogP contribution is -2.38. The summed E-state index contributed by atoms with van der Waals surface area (Å²) < 4.78 is 5.20. The number of nitrogens with zero attached hydrogens (tertiary/aromatic N) is 1. The molecule has 0 unspecified atom stereocenters. The summed E-state index contributed by atoms with van der Waals surface area (Å²) in [6, 6.07) is 18.1. The molecular weight excluding hydrogens is 499 g/mol. The molecule has 0 aliphatic heterocycles. The Balaban J connectivity index is 1.60. The maximum atomic E-state index is 13.0. The fraction of sp³-hybridized carbons (Fsp3) is 0.167. The summed E-state index contributed by atoms with van der Waals surface area (Å²) >= 11 is 18.0. The van der Waals surface area contributed by atoms with Crippen molar-refractivity contribution >= 4 is 63.9 Å². The van der Waals surface area contributed by atoms with Crippen LogP contribution in [0.1, 0.15) is 6.42 Å². The number of hydrogen-bond acceptors (Lipinski definition) is 3. The second-order valence-corrected chi connectivity index (χ2v) is 8.43. The van der Waals surface area contributed by atoms with Gasteiger partial charge < -0.3 is 20.7 Å². The molecule has 0 aromatic heterocycles. The lowest BCUT2D eigenvalue weighted by atomic mass is 10.2. The van der Waals surface area contributed by atoms with Crippen molar-refractivity contribution < 1.29 is 14.3 Å². The Bertz CT molecular complexity index is 1140. The van der Waals surface area contributed by atoms with Crippen molar-refractivity contribution in [2.75, 3.05) is 35.7 Å². The number of carbonyl (C=O) groups excluding carboxylic acids is 2. The predicted molar refractivity (Wildman–Crippen MR) is 139 cm³/mol. The third kappa shape index (κ3) is 7.45. The van der Waals surface area contributed by atoms with Crippen LogP contribution in [-0.2, 0) is 0 Å². The van der Waals surface area contributed by atoms with Crippen LogP contribution in [0.5, 0.6) is 5.75 Å². The van der Waals surface area contributed by atoms with Gasteiger partial charge in [0, 0.05) is 34.5 Å². The van der Waals surface area contributed by atoms with E-state index in [1.54, 1.807) is 78.7 Å². The largest absolute Gasteiger partial charge is 0.497 e. The van der Waals surface area contributed by atoms with Crippen LogP contribution in [0.2, 0.25) is 15.1 Å². The van der Waals surface area contributed by atoms with Crippen LogP contribution < -0.4 is 25.6 Å². The zero-order valence-corrected chi connectivity index (χ0v) is 20.5. The second kappa shape index (κ2) is 12.4. The Labute approximate surface area is 212 Å². The van der Waals surface area contributed by atoms with Gasteiger partial charge >= 0.3 is 12.1 Å². The van der Waals surface area contributed by atoms with Crippen LogP contribution in [-0.4, -0.2) is 32.3 Å². The van der Waals surface area contributed by atoms with Crippen molar-refractivity contribution in [2.45, 2.75) is 6.42 Å². The standard InChI is InChI=1S/C24H23Cl3N4O3/c1-34-20-9-7-19(8-10-20)31(24(33)29-18-5-2-4-16(25)14-18)13-3-12-28-23(32)30-22-11-6-17(26)15-21(22)27/h2,4-11,14-15H,3,12-13H2,1H3,(H,29,33)(H2,28,30,32). The minimum Gasteiger partial charge on any atom is -0.497 e. The summed E-state index contributed by atoms with van der Waals surface area (Å²) in [6.07, 6.45) is 0.497. The fourth-order valence-electron chi connectivity index (χ4n) is 3.06. The van der Waals surface area contributed by atoms with E-state index in [0.29, 0.717) is 57.4 Å². The van der Waals surface area contributed by atoms with E-state index in [2.05, 4.69) is 16.0 Å². The molecule has 3 aromatic carbocycles. The number of hydrogen-bond donors (Lipinski definition) is 3. The quantitative estimate of drug-likeness (QED) is 0.282. The smallest absolute Gasteiger partial charge is 0.326 e. The SMILES string of the molecule is COc1ccc(N(CCCNC(=O)Nc2ccc(Cl)cc2Cl)C(=O)Nc2cccc(Cl)c2)cc1. The second-order valence-electron chi connectivity index (χ2n) is 7.15. The van der Waals surface area contributed by atoms with E-state index >= 15 is 0 Å². The molecule has 0 heterocycles. The third-order valence-corrected chi connectivity index (χ3v) is 5.51. The Hall–Kier alpha value is -3.13. The van der Waals surface area contributed by atoms with Crippen LogP contribution >= 0.6 is 34.8 Å². The molecule has 0 saturated carbocycles. The van der Waals surface area contributed by atoms with Crippen LogP contribution in [0.25, 0.3) is 0 Å². The van der Waals surface area contributed by atoms with E-state index in [-0.39, 0.29) is 6.03 Å². The van der Waals surface area contributed by atoms with Gasteiger partial charge in [0.2, 0.25) is 0 Å². The minimum atomic E-state index is -0.413. The number of urea groups is 2. The lowest BCUT2D eigenvalue weighted by Gasteiger charge is -2.24. The van der Waals surface area contributed by atoms with Gasteiger partial charge in [0.05, 0.1) is 17.8 Å². The number of benzene rings is 3. The first-order valence-corrected chi connectivity index (χ1v) is 11.5. The van der Waals surface area contributed by atoms with Gasteiger partial charge in [0.25, 0.3) is 0 Å². The summed E-state index contributed by atoms with van der Waals surface area (Å²) in [7, 11) is 1.58. The molecule has 0 aliphatic rings. The first-order valence-electron chi connectivity index (χ1n) is 10.3. The van der Waals surface area contributed by atoms with Gasteiger partial charge in [0.15, 0.2) is 0 Å². The van der Waals surface area contributed by atoms with Crippen molar-refractivity contribution in [3.63, 3.8) is 0 Å². The highest BCUT2D eigenvalue weighted by atomic mass is 35.5. The summed E-state index contributed by atoms with van der Waals surface area (Å²) in [6.45, 7) is 0.675. The molecule has 178 valence electrons. The first-order chi connectivity index (χ1) is 16.4. The highest BCUT2D eigenvalue weighted by Gasteiger charge is 2.16. The van der Waals surface area contributed by atoms with Crippen LogP contribution in [0, 0.1) is 0 Å². The van der Waals surface area contributed by atoms with Crippen molar-refractivity contribution in [3.05, 3.63) is 81.8 Å². The zero-order valence-electron chi connectivity index (χ0n) is 18.3. The summed E-state index contributed by atoms with van der Waals surface area (Å²) in [5.41, 5.74) is 1.70. The molecule has 0 bridgehead atoms. The molecule has 0 spiro atoms. The Kier molecular flexibility index (Phi) is 9.27. The van der Waals surface area contributed by atoms with Gasteiger partial charge in [0.1, 0.15) is 5.75 Å². The van der Waals surface area contributed by atoms with E-state index in [1.807, 2.05) is 0 Å². The molecule has 0 fully saturated rings. The molecule has 3 N–H and O–H groups in total. The van der Waals surface area contributed by atoms with Gasteiger partial charge in [-0.1, -0.05) is 40.9 Å². The molecule has 34 heavy (non-hydrogen) atoms. The number of carbonyl (C=O) groups is 2. The molecule has 10 heteroatoms. The molecule has 4 amide bonds. The Morgan fingerprint density at radius 1 is 0.912 bits per heavy atom. The van der Waals surface area contributed by atoms with Gasteiger partial charge in [-0.3, -0.25) is 4.90 Å². The third-order valence-electron chi connectivity index (χ3n) is 4.73. The number of nitrogens with one attached hydrogen (secondary N) is 3. The van der Waals surface area contributed by atoms with Crippen LogP contribution in [0.3, 0.4) is 0 Å². The predicted octanol–water partition coefficient (Wildman–Crippen LogP) is 6.91. The normalized spacial score (nSPS) is 10.4. The number of halogens is 3. The highest BCUT2D eigenvalue weighted by Crippen LogP contribution is 2.25. The maximum absolute atomic E-state index is 13.0. The fourth-order valence-corrected chi connectivity index (χ4v) is 3.71. The van der Waals surface area contributed by atoms with Crippen molar-refractivity contribution in [1.29, 1.82) is 0 Å². The van der Waals surface area contributed by atoms with Gasteiger partial charge in [-0.25, -0.2) is 9.59 Å². The average molecular weight is 522 g/mol. The number of methoxy groups -OCH3 is 1. The van der Waals surface area contributed by atoms with Gasteiger partial charge in [-0.15, -0.1) is 0 Å². The van der Waals surface area contributed by atoms with Crippen LogP contribution in [0.15, 0.2) is 66.7 Å². The van der Waals surface area contributed by atoms with Crippen LogP contribution in [0.4, 0.5) is 26.7 Å². The number of anilines is 3. The molecule has 0 saturated heterocycles. The molecule has 0 atom stereocenters. The number of ether oxygens (including phenoxy) is 1. The minimum absolute atomic E-state index is 0.328. The molecule has 3 rings (SSSR count). The van der Waals surface area contributed by atoms with Gasteiger partial charge in [-0.05, 0) is 67.1 Å². The highest BCUT2D eigenvalue weighted by molar-refractivity contribution is 6.36. The van der Waals surface area contributed by atoms with E-state index < -0.39 is 6.03 Å². The van der Waals surface area contributed by atoms with E-state index in [4.69, 9.17) is 39.5 Å². The van der Waals surface area contributed by atoms with E-state index in [1.165, 1.54) is 0 Å². The number of rotatable bonds is 8. The topological polar surface area (TPSA) is 82.7 Å². The molecule has 0 radical (unpaired) electrons. The summed E-state index contributed by atoms with van der Waals surface area (Å²) in [5, 5.41) is 9.61. The van der Waals surface area contributed by atoms with Crippen molar-refractivity contribution in [1.82, 2.24) is 5.32 Å². The molecular formula is C24H23Cl3N4O3. The summed E-state index contributed by atoms with van der Waals surface area (Å²) in [5.74, 6) is 0.679. The van der Waals surface area contributed by atoms with Crippen molar-refractivity contribution in [2.24, 2.45) is 0 Å². The molecule has 0 aliphatic carbocycles. The zero-order chi connectivity index (χ0) is 24.5. The summed E-state index contributed by atoms with van der Waals surface area (Å²) in [4.78, 5) is 26.8. The average Bonchev–Trinajstić information content (AvgIpc) is 2.81. The number of amides is 4. The lowest BCUT2D eigenvalue weighted by molar-refractivity contribution is 0.252. The van der Waals surface area contributed by atoms with E-state index in [9.17, 15) is 9.59 Å². The molecule has 3 aromatic rings. The first kappa shape index (κ1) is 25.5. The van der Waals surface area contributed by atoms with E-state index in [0.717, 1.165) is 0 Å². The van der Waals surface area contributed by atoms with Crippen molar-refractivity contribution in [3.8, 4) is 5.75 Å².